The zero-order valence-electron chi connectivity index (χ0n) is 5.02. The summed E-state index contributed by atoms with van der Waals surface area (Å²) in [5, 5.41) is 9.12. The average Bonchev–Trinajstić information content (AvgIpc) is 2.47. The number of alkyl halides is 1. The monoisotopic (exact) mass is 134 g/mol. The van der Waals surface area contributed by atoms with Crippen LogP contribution in [0.1, 0.15) is 19.8 Å². The molecule has 1 fully saturated rings. The van der Waals surface area contributed by atoms with Gasteiger partial charge in [-0.3, -0.25) is 0 Å². The zero-order valence-corrected chi connectivity index (χ0v) is 5.78. The van der Waals surface area contributed by atoms with Gasteiger partial charge in [-0.05, 0) is 18.3 Å². The zero-order chi connectivity index (χ0) is 6.20. The third-order valence-corrected chi connectivity index (χ3v) is 2.28. The van der Waals surface area contributed by atoms with Gasteiger partial charge >= 0.3 is 0 Å². The molecule has 0 saturated heterocycles. The summed E-state index contributed by atoms with van der Waals surface area (Å²) in [6, 6.07) is 0. The van der Waals surface area contributed by atoms with Crippen LogP contribution in [-0.2, 0) is 0 Å². The van der Waals surface area contributed by atoms with Gasteiger partial charge in [0, 0.05) is 5.88 Å². The van der Waals surface area contributed by atoms with E-state index >= 15 is 0 Å². The van der Waals surface area contributed by atoms with Crippen LogP contribution >= 0.6 is 11.6 Å². The average molecular weight is 135 g/mol. The Morgan fingerprint density at radius 1 is 1.75 bits per heavy atom. The Morgan fingerprint density at radius 3 is 2.38 bits per heavy atom. The molecular formula is C6H11ClO. The number of rotatable bonds is 2. The van der Waals surface area contributed by atoms with Crippen LogP contribution in [0.3, 0.4) is 0 Å². The van der Waals surface area contributed by atoms with E-state index in [1.54, 1.807) is 0 Å². The molecule has 0 aliphatic heterocycles. The Kier molecular flexibility index (Phi) is 1.50. The lowest BCUT2D eigenvalue weighted by atomic mass is 10.0. The van der Waals surface area contributed by atoms with Crippen LogP contribution < -0.4 is 0 Å². The topological polar surface area (TPSA) is 20.2 Å². The third kappa shape index (κ3) is 0.981. The highest BCUT2D eigenvalue weighted by atomic mass is 35.5. The first-order valence-electron chi connectivity index (χ1n) is 2.93. The molecule has 48 valence electrons. The lowest BCUT2D eigenvalue weighted by Crippen LogP contribution is -2.19. The number of hydrogen-bond donors (Lipinski definition) is 1. The normalized spacial score (nSPS) is 27.4. The molecule has 1 unspecified atom stereocenters. The minimum absolute atomic E-state index is 0.182. The molecule has 8 heavy (non-hydrogen) atoms. The van der Waals surface area contributed by atoms with Crippen molar-refractivity contribution in [3.05, 3.63) is 0 Å². The van der Waals surface area contributed by atoms with Crippen molar-refractivity contribution in [3.63, 3.8) is 0 Å². The summed E-state index contributed by atoms with van der Waals surface area (Å²) < 4.78 is 0. The first-order valence-corrected chi connectivity index (χ1v) is 3.46. The van der Waals surface area contributed by atoms with Crippen molar-refractivity contribution in [1.82, 2.24) is 0 Å². The fourth-order valence-corrected chi connectivity index (χ4v) is 1.09. The van der Waals surface area contributed by atoms with Gasteiger partial charge in [-0.15, -0.1) is 11.6 Å². The lowest BCUT2D eigenvalue weighted by molar-refractivity contribution is 0.125. The summed E-state index contributed by atoms with van der Waals surface area (Å²) >= 11 is 5.43. The van der Waals surface area contributed by atoms with Gasteiger partial charge in [0.1, 0.15) is 0 Å². The van der Waals surface area contributed by atoms with Gasteiger partial charge in [-0.25, -0.2) is 0 Å². The molecule has 0 aromatic carbocycles. The first kappa shape index (κ1) is 6.37. The van der Waals surface area contributed by atoms with Crippen LogP contribution in [0.25, 0.3) is 0 Å². The van der Waals surface area contributed by atoms with Crippen LogP contribution in [0.15, 0.2) is 0 Å². The Labute approximate surface area is 54.7 Å². The Hall–Kier alpha value is 0.250. The molecule has 1 atom stereocenters. The van der Waals surface area contributed by atoms with Crippen LogP contribution in [0.2, 0.25) is 0 Å². The Bertz CT molecular complexity index is 88.5. The second-order valence-electron chi connectivity index (χ2n) is 2.82. The summed E-state index contributed by atoms with van der Waals surface area (Å²) in [7, 11) is 0. The predicted octanol–water partition coefficient (Wildman–Crippen LogP) is 1.39. The standard InChI is InChI=1S/C6H11ClO/c1-6(2-3-6)5(8)4-7/h5,8H,2-4H2,1H3. The molecule has 1 rings (SSSR count). The minimum Gasteiger partial charge on any atom is -0.391 e. The molecule has 0 radical (unpaired) electrons. The van der Waals surface area contributed by atoms with Gasteiger partial charge in [0.05, 0.1) is 6.10 Å². The molecule has 2 heteroatoms. The molecule has 0 aromatic heterocycles. The maximum atomic E-state index is 9.12. The molecule has 0 heterocycles. The van der Waals surface area contributed by atoms with Crippen LogP contribution in [0, 0.1) is 5.41 Å². The Balaban J connectivity index is 2.34. The molecule has 0 aromatic rings. The fourth-order valence-electron chi connectivity index (χ4n) is 0.717. The van der Waals surface area contributed by atoms with E-state index in [1.807, 2.05) is 0 Å². The number of aliphatic hydroxyl groups excluding tert-OH is 1. The summed E-state index contributed by atoms with van der Waals surface area (Å²) in [6.07, 6.45) is 2.01. The van der Waals surface area contributed by atoms with Gasteiger partial charge in [-0.1, -0.05) is 6.92 Å². The molecule has 1 nitrogen and oxygen atoms in total. The maximum Gasteiger partial charge on any atom is 0.0728 e. The largest absolute Gasteiger partial charge is 0.391 e. The SMILES string of the molecule is CC1(C(O)CCl)CC1. The van der Waals surface area contributed by atoms with Crippen LogP contribution in [-0.4, -0.2) is 17.1 Å². The van der Waals surface area contributed by atoms with Gasteiger partial charge in [0.25, 0.3) is 0 Å². The van der Waals surface area contributed by atoms with E-state index in [0.717, 1.165) is 12.8 Å². The summed E-state index contributed by atoms with van der Waals surface area (Å²) in [5.74, 6) is 0.385. The summed E-state index contributed by atoms with van der Waals surface area (Å²) in [4.78, 5) is 0. The van der Waals surface area contributed by atoms with E-state index in [4.69, 9.17) is 16.7 Å². The van der Waals surface area contributed by atoms with Gasteiger partial charge in [-0.2, -0.15) is 0 Å². The third-order valence-electron chi connectivity index (χ3n) is 1.99. The van der Waals surface area contributed by atoms with E-state index in [-0.39, 0.29) is 11.5 Å². The van der Waals surface area contributed by atoms with E-state index < -0.39 is 0 Å². The van der Waals surface area contributed by atoms with Crippen molar-refractivity contribution in [1.29, 1.82) is 0 Å². The summed E-state index contributed by atoms with van der Waals surface area (Å²) in [6.45, 7) is 2.07. The number of hydrogen-bond acceptors (Lipinski definition) is 1. The van der Waals surface area contributed by atoms with Crippen molar-refractivity contribution in [2.45, 2.75) is 25.9 Å². The van der Waals surface area contributed by atoms with E-state index in [1.165, 1.54) is 0 Å². The predicted molar refractivity (Wildman–Crippen MR) is 34.1 cm³/mol. The fraction of sp³-hybridized carbons (Fsp3) is 1.00. The van der Waals surface area contributed by atoms with Gasteiger partial charge in [0.15, 0.2) is 0 Å². The molecule has 0 bridgehead atoms. The number of aliphatic hydroxyl groups is 1. The molecular weight excluding hydrogens is 124 g/mol. The van der Waals surface area contributed by atoms with Gasteiger partial charge < -0.3 is 5.11 Å². The van der Waals surface area contributed by atoms with Gasteiger partial charge in [0.2, 0.25) is 0 Å². The highest BCUT2D eigenvalue weighted by molar-refractivity contribution is 6.18. The van der Waals surface area contributed by atoms with E-state index in [0.29, 0.717) is 5.88 Å². The highest BCUT2D eigenvalue weighted by Gasteiger charge is 2.43. The van der Waals surface area contributed by atoms with Crippen molar-refractivity contribution in [3.8, 4) is 0 Å². The Morgan fingerprint density at radius 2 is 2.25 bits per heavy atom. The van der Waals surface area contributed by atoms with Crippen LogP contribution in [0.5, 0.6) is 0 Å². The molecule has 1 N–H and O–H groups in total. The number of halogens is 1. The smallest absolute Gasteiger partial charge is 0.0728 e. The first-order chi connectivity index (χ1) is 3.69. The lowest BCUT2D eigenvalue weighted by Gasteiger charge is -2.12. The molecule has 0 amide bonds. The molecule has 1 aliphatic rings. The van der Waals surface area contributed by atoms with Crippen LogP contribution in [0.4, 0.5) is 0 Å². The second-order valence-corrected chi connectivity index (χ2v) is 3.13. The van der Waals surface area contributed by atoms with E-state index in [9.17, 15) is 0 Å². The van der Waals surface area contributed by atoms with Crippen molar-refractivity contribution in [2.24, 2.45) is 5.41 Å². The van der Waals surface area contributed by atoms with Crippen molar-refractivity contribution < 1.29 is 5.11 Å². The molecule has 1 aliphatic carbocycles. The second kappa shape index (κ2) is 1.89. The highest BCUT2D eigenvalue weighted by Crippen LogP contribution is 2.48. The quantitative estimate of drug-likeness (QED) is 0.566. The maximum absolute atomic E-state index is 9.12. The van der Waals surface area contributed by atoms with Crippen molar-refractivity contribution >= 4 is 11.6 Å². The van der Waals surface area contributed by atoms with Crippen molar-refractivity contribution in [2.75, 3.05) is 5.88 Å². The molecule has 1 saturated carbocycles. The molecule has 0 spiro atoms. The minimum atomic E-state index is -0.274. The van der Waals surface area contributed by atoms with E-state index in [2.05, 4.69) is 6.92 Å². The summed E-state index contributed by atoms with van der Waals surface area (Å²) in [5.41, 5.74) is 0.182.